The van der Waals surface area contributed by atoms with Gasteiger partial charge in [-0.05, 0) is 51.8 Å². The summed E-state index contributed by atoms with van der Waals surface area (Å²) < 4.78 is 30.2. The largest absolute Gasteiger partial charge is 0.513 e. The smallest absolute Gasteiger partial charge is 0.459 e. The molecule has 0 amide bonds. The van der Waals surface area contributed by atoms with Crippen LogP contribution in [0, 0.1) is 5.92 Å². The summed E-state index contributed by atoms with van der Waals surface area (Å²) in [7, 11) is 0. The standard InChI is InChI=1S/C23H33NO10.ClH/c1-7-29-22(27)33-18-10-9-16(12-19(18)34-23(28)30-8-2)11-17(24)21(26)32-15(6)14(5)31-20(25)13(3)4;/h9-10,12-15,17H,7-8,11,24H2,1-6H3;1H/t14-,15-,17+;/m1./s1. The van der Waals surface area contributed by atoms with Crippen LogP contribution >= 0.6 is 12.4 Å². The summed E-state index contributed by atoms with van der Waals surface area (Å²) in [5.41, 5.74) is 6.48. The first-order valence-corrected chi connectivity index (χ1v) is 11.0. The average molecular weight is 520 g/mol. The van der Waals surface area contributed by atoms with Crippen molar-refractivity contribution in [2.75, 3.05) is 13.2 Å². The van der Waals surface area contributed by atoms with Gasteiger partial charge in [-0.25, -0.2) is 9.59 Å². The zero-order chi connectivity index (χ0) is 25.8. The van der Waals surface area contributed by atoms with Crippen LogP contribution in [0.5, 0.6) is 11.5 Å². The van der Waals surface area contributed by atoms with E-state index in [9.17, 15) is 19.2 Å². The first-order chi connectivity index (χ1) is 16.0. The van der Waals surface area contributed by atoms with E-state index in [1.165, 1.54) is 18.2 Å². The Bertz CT molecular complexity index is 861. The van der Waals surface area contributed by atoms with Gasteiger partial charge in [0.05, 0.1) is 19.1 Å². The van der Waals surface area contributed by atoms with E-state index in [1.807, 2.05) is 0 Å². The zero-order valence-corrected chi connectivity index (χ0v) is 21.5. The van der Waals surface area contributed by atoms with Crippen LogP contribution in [0.4, 0.5) is 9.59 Å². The lowest BCUT2D eigenvalue weighted by atomic mass is 10.1. The van der Waals surface area contributed by atoms with Crippen molar-refractivity contribution in [3.05, 3.63) is 23.8 Å². The van der Waals surface area contributed by atoms with E-state index in [4.69, 9.17) is 34.2 Å². The number of halogens is 1. The summed E-state index contributed by atoms with van der Waals surface area (Å²) in [6.45, 7) is 9.98. The van der Waals surface area contributed by atoms with E-state index < -0.39 is 42.5 Å². The van der Waals surface area contributed by atoms with Crippen LogP contribution in [0.3, 0.4) is 0 Å². The molecule has 0 aromatic heterocycles. The predicted octanol–water partition coefficient (Wildman–Crippen LogP) is 3.57. The molecule has 0 bridgehead atoms. The van der Waals surface area contributed by atoms with Crippen LogP contribution in [0.25, 0.3) is 0 Å². The summed E-state index contributed by atoms with van der Waals surface area (Å²) in [5, 5.41) is 0. The average Bonchev–Trinajstić information content (AvgIpc) is 2.75. The number of hydrogen-bond donors (Lipinski definition) is 1. The van der Waals surface area contributed by atoms with Crippen molar-refractivity contribution in [1.82, 2.24) is 0 Å². The fourth-order valence-electron chi connectivity index (χ4n) is 2.44. The van der Waals surface area contributed by atoms with Gasteiger partial charge in [0.2, 0.25) is 0 Å². The maximum atomic E-state index is 12.4. The number of benzene rings is 1. The third kappa shape index (κ3) is 11.3. The third-order valence-corrected chi connectivity index (χ3v) is 4.41. The highest BCUT2D eigenvalue weighted by Gasteiger charge is 2.25. The van der Waals surface area contributed by atoms with Gasteiger partial charge < -0.3 is 34.2 Å². The second-order valence-electron chi connectivity index (χ2n) is 7.60. The van der Waals surface area contributed by atoms with Crippen molar-refractivity contribution >= 4 is 36.7 Å². The lowest BCUT2D eigenvalue weighted by Crippen LogP contribution is -2.39. The van der Waals surface area contributed by atoms with E-state index in [0.717, 1.165) is 0 Å². The van der Waals surface area contributed by atoms with Crippen LogP contribution < -0.4 is 15.2 Å². The van der Waals surface area contributed by atoms with Gasteiger partial charge in [-0.1, -0.05) is 19.9 Å². The van der Waals surface area contributed by atoms with Gasteiger partial charge >= 0.3 is 24.2 Å². The minimum absolute atomic E-state index is 0. The Morgan fingerprint density at radius 3 is 1.77 bits per heavy atom. The third-order valence-electron chi connectivity index (χ3n) is 4.41. The van der Waals surface area contributed by atoms with Gasteiger partial charge in [-0.15, -0.1) is 12.4 Å². The van der Waals surface area contributed by atoms with Crippen molar-refractivity contribution in [1.29, 1.82) is 0 Å². The quantitative estimate of drug-likeness (QED) is 0.259. The van der Waals surface area contributed by atoms with Crippen molar-refractivity contribution in [2.24, 2.45) is 11.7 Å². The molecule has 2 N–H and O–H groups in total. The van der Waals surface area contributed by atoms with E-state index >= 15 is 0 Å². The topological polar surface area (TPSA) is 150 Å². The molecule has 12 heteroatoms. The molecular weight excluding hydrogens is 486 g/mol. The molecule has 198 valence electrons. The summed E-state index contributed by atoms with van der Waals surface area (Å²) in [6, 6.07) is 3.22. The molecule has 0 aliphatic heterocycles. The maximum Gasteiger partial charge on any atom is 0.513 e. The van der Waals surface area contributed by atoms with E-state index in [-0.39, 0.29) is 49.5 Å². The number of hydrogen-bond acceptors (Lipinski definition) is 11. The minimum atomic E-state index is -1.07. The molecule has 0 aliphatic rings. The second kappa shape index (κ2) is 15.8. The first-order valence-electron chi connectivity index (χ1n) is 11.0. The highest BCUT2D eigenvalue weighted by atomic mass is 35.5. The number of carbonyl (C=O) groups is 4. The van der Waals surface area contributed by atoms with Crippen LogP contribution in [0.2, 0.25) is 0 Å². The number of carbonyl (C=O) groups excluding carboxylic acids is 4. The summed E-state index contributed by atoms with van der Waals surface area (Å²) in [6.07, 6.45) is -3.34. The minimum Gasteiger partial charge on any atom is -0.459 e. The number of esters is 2. The fraction of sp³-hybridized carbons (Fsp3) is 0.565. The Balaban J connectivity index is 0.0000116. The molecule has 0 radical (unpaired) electrons. The van der Waals surface area contributed by atoms with Crippen LogP contribution in [0.15, 0.2) is 18.2 Å². The fourth-order valence-corrected chi connectivity index (χ4v) is 2.44. The van der Waals surface area contributed by atoms with Crippen LogP contribution in [-0.4, -0.2) is 55.7 Å². The monoisotopic (exact) mass is 519 g/mol. The summed E-state index contributed by atoms with van der Waals surface area (Å²) in [5.74, 6) is -1.62. The molecule has 1 aromatic rings. The number of ether oxygens (including phenoxy) is 6. The molecule has 0 fully saturated rings. The van der Waals surface area contributed by atoms with Crippen molar-refractivity contribution < 1.29 is 47.6 Å². The molecule has 0 heterocycles. The van der Waals surface area contributed by atoms with Crippen molar-refractivity contribution in [3.8, 4) is 11.5 Å². The van der Waals surface area contributed by atoms with Gasteiger partial charge in [0.15, 0.2) is 11.5 Å². The highest BCUT2D eigenvalue weighted by molar-refractivity contribution is 5.85. The van der Waals surface area contributed by atoms with E-state index in [1.54, 1.807) is 41.5 Å². The van der Waals surface area contributed by atoms with Crippen molar-refractivity contribution in [2.45, 2.75) is 66.2 Å². The van der Waals surface area contributed by atoms with Crippen LogP contribution in [0.1, 0.15) is 47.1 Å². The van der Waals surface area contributed by atoms with Gasteiger partial charge in [0.25, 0.3) is 0 Å². The van der Waals surface area contributed by atoms with E-state index in [2.05, 4.69) is 0 Å². The van der Waals surface area contributed by atoms with Crippen LogP contribution in [-0.2, 0) is 35.0 Å². The lowest BCUT2D eigenvalue weighted by Gasteiger charge is -2.23. The molecule has 1 aromatic carbocycles. The normalized spacial score (nSPS) is 12.9. The maximum absolute atomic E-state index is 12.4. The second-order valence-corrected chi connectivity index (χ2v) is 7.60. The Labute approximate surface area is 210 Å². The Morgan fingerprint density at radius 1 is 0.800 bits per heavy atom. The Morgan fingerprint density at radius 2 is 1.29 bits per heavy atom. The lowest BCUT2D eigenvalue weighted by molar-refractivity contribution is -0.168. The van der Waals surface area contributed by atoms with Crippen molar-refractivity contribution in [3.63, 3.8) is 0 Å². The Kier molecular flexibility index (Phi) is 14.4. The molecule has 0 saturated heterocycles. The molecule has 0 saturated carbocycles. The molecular formula is C23H34ClNO10. The number of rotatable bonds is 11. The van der Waals surface area contributed by atoms with Gasteiger partial charge in [0, 0.05) is 0 Å². The summed E-state index contributed by atoms with van der Waals surface area (Å²) in [4.78, 5) is 47.6. The molecule has 3 atom stereocenters. The molecule has 1 rings (SSSR count). The van der Waals surface area contributed by atoms with Gasteiger partial charge in [-0.2, -0.15) is 0 Å². The predicted molar refractivity (Wildman–Crippen MR) is 127 cm³/mol. The molecule has 0 aliphatic carbocycles. The Hall–Kier alpha value is -3.05. The highest BCUT2D eigenvalue weighted by Crippen LogP contribution is 2.30. The number of nitrogens with two attached hydrogens (primary N) is 1. The molecule has 0 unspecified atom stereocenters. The van der Waals surface area contributed by atoms with Gasteiger partial charge in [-0.3, -0.25) is 9.59 Å². The first kappa shape index (κ1) is 31.9. The molecule has 35 heavy (non-hydrogen) atoms. The van der Waals surface area contributed by atoms with E-state index in [0.29, 0.717) is 5.56 Å². The SMILES string of the molecule is CCOC(=O)Oc1ccc(C[C@H](N)C(=O)O[C@H](C)[C@@H](C)OC(=O)C(C)C)cc1OC(=O)OCC.Cl. The molecule has 0 spiro atoms. The summed E-state index contributed by atoms with van der Waals surface area (Å²) >= 11 is 0. The van der Waals surface area contributed by atoms with Gasteiger partial charge in [0.1, 0.15) is 18.2 Å². The molecule has 11 nitrogen and oxygen atoms in total. The zero-order valence-electron chi connectivity index (χ0n) is 20.7.